The monoisotopic (exact) mass is 264 g/mol. The summed E-state index contributed by atoms with van der Waals surface area (Å²) in [4.78, 5) is 14.7. The topological polar surface area (TPSA) is 50.8 Å². The number of benzene rings is 1. The molecule has 5 nitrogen and oxygen atoms in total. The molecule has 1 aliphatic heterocycles. The summed E-state index contributed by atoms with van der Waals surface area (Å²) in [5.41, 5.74) is 0.572. The summed E-state index contributed by atoms with van der Waals surface area (Å²) in [6, 6.07) is 5.14. The Balaban J connectivity index is 2.30. The van der Waals surface area contributed by atoms with E-state index in [9.17, 15) is 4.79 Å². The van der Waals surface area contributed by atoms with E-state index >= 15 is 0 Å². The highest BCUT2D eigenvalue weighted by Crippen LogP contribution is 2.26. The number of hydrogen-bond acceptors (Lipinski definition) is 5. The van der Waals surface area contributed by atoms with Gasteiger partial charge in [0, 0.05) is 19.6 Å². The second-order valence-electron chi connectivity index (χ2n) is 4.63. The SMILES string of the molecule is COc1ccc(OC)c(C(=O)C2CNCCN2C)c1. The summed E-state index contributed by atoms with van der Waals surface area (Å²) in [7, 11) is 5.13. The molecule has 104 valence electrons. The summed E-state index contributed by atoms with van der Waals surface area (Å²) >= 11 is 0. The van der Waals surface area contributed by atoms with Crippen LogP contribution in [0, 0.1) is 0 Å². The van der Waals surface area contributed by atoms with E-state index in [0.717, 1.165) is 13.1 Å². The number of carbonyl (C=O) groups excluding carboxylic acids is 1. The second-order valence-corrected chi connectivity index (χ2v) is 4.63. The summed E-state index contributed by atoms with van der Waals surface area (Å²) in [6.45, 7) is 2.44. The van der Waals surface area contributed by atoms with Gasteiger partial charge in [-0.3, -0.25) is 9.69 Å². The Kier molecular flexibility index (Phi) is 4.39. The van der Waals surface area contributed by atoms with Gasteiger partial charge in [-0.15, -0.1) is 0 Å². The fourth-order valence-corrected chi connectivity index (χ4v) is 2.28. The molecule has 2 rings (SSSR count). The first-order chi connectivity index (χ1) is 9.17. The maximum Gasteiger partial charge on any atom is 0.185 e. The van der Waals surface area contributed by atoms with Crippen LogP contribution in [0.3, 0.4) is 0 Å². The van der Waals surface area contributed by atoms with Crippen LogP contribution in [-0.2, 0) is 0 Å². The van der Waals surface area contributed by atoms with Gasteiger partial charge < -0.3 is 14.8 Å². The fourth-order valence-electron chi connectivity index (χ4n) is 2.28. The summed E-state index contributed by atoms with van der Waals surface area (Å²) in [6.07, 6.45) is 0. The van der Waals surface area contributed by atoms with Crippen molar-refractivity contribution in [3.8, 4) is 11.5 Å². The molecule has 1 fully saturated rings. The molecule has 1 atom stereocenters. The zero-order valence-electron chi connectivity index (χ0n) is 11.6. The molecule has 0 radical (unpaired) electrons. The molecule has 1 aliphatic rings. The highest BCUT2D eigenvalue weighted by Gasteiger charge is 2.28. The predicted octanol–water partition coefficient (Wildman–Crippen LogP) is 0.790. The molecule has 19 heavy (non-hydrogen) atoms. The third-order valence-electron chi connectivity index (χ3n) is 3.49. The van der Waals surface area contributed by atoms with Gasteiger partial charge >= 0.3 is 0 Å². The molecular formula is C14H20N2O3. The molecular weight excluding hydrogens is 244 g/mol. The standard InChI is InChI=1S/C14H20N2O3/c1-16-7-6-15-9-12(16)14(17)11-8-10(18-2)4-5-13(11)19-3/h4-5,8,12,15H,6-7,9H2,1-3H3. The molecule has 0 amide bonds. The van der Waals surface area contributed by atoms with Crippen molar-refractivity contribution in [2.75, 3.05) is 40.9 Å². The zero-order chi connectivity index (χ0) is 13.8. The van der Waals surface area contributed by atoms with Crippen LogP contribution in [0.15, 0.2) is 18.2 Å². The van der Waals surface area contributed by atoms with Gasteiger partial charge in [-0.1, -0.05) is 0 Å². The third kappa shape index (κ3) is 2.88. The Hall–Kier alpha value is -1.59. The Bertz CT molecular complexity index is 462. The number of ketones is 1. The number of likely N-dealkylation sites (N-methyl/N-ethyl adjacent to an activating group) is 1. The van der Waals surface area contributed by atoms with E-state index in [1.165, 1.54) is 0 Å². The van der Waals surface area contributed by atoms with Gasteiger partial charge in [-0.05, 0) is 25.2 Å². The van der Waals surface area contributed by atoms with Crippen LogP contribution in [0.25, 0.3) is 0 Å². The average Bonchev–Trinajstić information content (AvgIpc) is 2.46. The Morgan fingerprint density at radius 1 is 1.37 bits per heavy atom. The van der Waals surface area contributed by atoms with Gasteiger partial charge in [0.1, 0.15) is 11.5 Å². The Morgan fingerprint density at radius 2 is 2.16 bits per heavy atom. The Morgan fingerprint density at radius 3 is 2.79 bits per heavy atom. The van der Waals surface area contributed by atoms with Crippen molar-refractivity contribution in [1.29, 1.82) is 0 Å². The number of carbonyl (C=O) groups is 1. The minimum atomic E-state index is -0.158. The first-order valence-corrected chi connectivity index (χ1v) is 6.34. The molecule has 0 aromatic heterocycles. The molecule has 1 unspecified atom stereocenters. The second kappa shape index (κ2) is 6.04. The number of rotatable bonds is 4. The molecule has 1 N–H and O–H groups in total. The number of piperazine rings is 1. The fraction of sp³-hybridized carbons (Fsp3) is 0.500. The van der Waals surface area contributed by atoms with Crippen LogP contribution in [0.2, 0.25) is 0 Å². The molecule has 1 saturated heterocycles. The average molecular weight is 264 g/mol. The van der Waals surface area contributed by atoms with E-state index in [4.69, 9.17) is 9.47 Å². The quantitative estimate of drug-likeness (QED) is 0.815. The lowest BCUT2D eigenvalue weighted by molar-refractivity contribution is 0.0816. The van der Waals surface area contributed by atoms with Gasteiger partial charge in [-0.2, -0.15) is 0 Å². The van der Waals surface area contributed by atoms with Crippen molar-refractivity contribution in [2.45, 2.75) is 6.04 Å². The largest absolute Gasteiger partial charge is 0.497 e. The molecule has 1 heterocycles. The zero-order valence-corrected chi connectivity index (χ0v) is 11.6. The number of Topliss-reactive ketones (excluding diaryl/α,β-unsaturated/α-hetero) is 1. The lowest BCUT2D eigenvalue weighted by Gasteiger charge is -2.32. The van der Waals surface area contributed by atoms with Gasteiger partial charge in [0.15, 0.2) is 5.78 Å². The van der Waals surface area contributed by atoms with E-state index < -0.39 is 0 Å². The summed E-state index contributed by atoms with van der Waals surface area (Å²) in [5.74, 6) is 1.31. The van der Waals surface area contributed by atoms with Crippen LogP contribution < -0.4 is 14.8 Å². The molecule has 1 aromatic carbocycles. The summed E-state index contributed by atoms with van der Waals surface area (Å²) in [5, 5.41) is 3.25. The van der Waals surface area contributed by atoms with E-state index in [2.05, 4.69) is 10.2 Å². The molecule has 0 bridgehead atoms. The van der Waals surface area contributed by atoms with Crippen LogP contribution in [0.1, 0.15) is 10.4 Å². The normalized spacial score (nSPS) is 20.1. The highest BCUT2D eigenvalue weighted by atomic mass is 16.5. The molecule has 1 aromatic rings. The van der Waals surface area contributed by atoms with Gasteiger partial charge in [0.25, 0.3) is 0 Å². The number of nitrogens with zero attached hydrogens (tertiary/aromatic N) is 1. The van der Waals surface area contributed by atoms with Crippen molar-refractivity contribution >= 4 is 5.78 Å². The molecule has 5 heteroatoms. The van der Waals surface area contributed by atoms with Crippen molar-refractivity contribution < 1.29 is 14.3 Å². The lowest BCUT2D eigenvalue weighted by Crippen LogP contribution is -2.53. The Labute approximate surface area is 113 Å². The van der Waals surface area contributed by atoms with Gasteiger partial charge in [0.05, 0.1) is 25.8 Å². The maximum atomic E-state index is 12.6. The van der Waals surface area contributed by atoms with Gasteiger partial charge in [-0.25, -0.2) is 0 Å². The van der Waals surface area contributed by atoms with Crippen molar-refractivity contribution in [2.24, 2.45) is 0 Å². The minimum absolute atomic E-state index is 0.0606. The van der Waals surface area contributed by atoms with Crippen molar-refractivity contribution in [3.05, 3.63) is 23.8 Å². The van der Waals surface area contributed by atoms with Crippen LogP contribution in [0.5, 0.6) is 11.5 Å². The highest BCUT2D eigenvalue weighted by molar-refractivity contribution is 6.03. The van der Waals surface area contributed by atoms with E-state index in [1.54, 1.807) is 32.4 Å². The van der Waals surface area contributed by atoms with Crippen LogP contribution >= 0.6 is 0 Å². The van der Waals surface area contributed by atoms with Crippen molar-refractivity contribution in [1.82, 2.24) is 10.2 Å². The van der Waals surface area contributed by atoms with E-state index in [-0.39, 0.29) is 11.8 Å². The van der Waals surface area contributed by atoms with E-state index in [0.29, 0.717) is 23.6 Å². The predicted molar refractivity (Wildman–Crippen MR) is 73.2 cm³/mol. The third-order valence-corrected chi connectivity index (χ3v) is 3.49. The first-order valence-electron chi connectivity index (χ1n) is 6.34. The molecule has 0 saturated carbocycles. The maximum absolute atomic E-state index is 12.6. The number of methoxy groups -OCH3 is 2. The number of hydrogen-bond donors (Lipinski definition) is 1. The van der Waals surface area contributed by atoms with Crippen molar-refractivity contribution in [3.63, 3.8) is 0 Å². The smallest absolute Gasteiger partial charge is 0.185 e. The minimum Gasteiger partial charge on any atom is -0.497 e. The van der Waals surface area contributed by atoms with Crippen LogP contribution in [-0.4, -0.2) is 57.6 Å². The first kappa shape index (κ1) is 13.8. The van der Waals surface area contributed by atoms with Gasteiger partial charge in [0.2, 0.25) is 0 Å². The van der Waals surface area contributed by atoms with Crippen LogP contribution in [0.4, 0.5) is 0 Å². The number of ether oxygens (including phenoxy) is 2. The lowest BCUT2D eigenvalue weighted by atomic mass is 10.0. The number of nitrogens with one attached hydrogen (secondary N) is 1. The van der Waals surface area contributed by atoms with E-state index in [1.807, 2.05) is 7.05 Å². The molecule has 0 spiro atoms. The summed E-state index contributed by atoms with van der Waals surface area (Å²) < 4.78 is 10.5. The molecule has 0 aliphatic carbocycles.